The largest absolute Gasteiger partial charge is 0.394 e. The van der Waals surface area contributed by atoms with Crippen LogP contribution in [0.5, 0.6) is 0 Å². The lowest BCUT2D eigenvalue weighted by Crippen LogP contribution is -2.34. The second kappa shape index (κ2) is 37.0. The molecule has 254 valence electrons. The van der Waals surface area contributed by atoms with E-state index in [9.17, 15) is 10.2 Å². The van der Waals surface area contributed by atoms with Crippen LogP contribution >= 0.6 is 0 Å². The maximum atomic E-state index is 9.67. The van der Waals surface area contributed by atoms with Crippen molar-refractivity contribution in [2.24, 2.45) is 0 Å². The van der Waals surface area contributed by atoms with Gasteiger partial charge in [-0.25, -0.2) is 0 Å². The smallest absolute Gasteiger partial charge is 0.104 e. The molecule has 0 bridgehead atoms. The third-order valence-corrected chi connectivity index (χ3v) is 8.43. The Morgan fingerprint density at radius 1 is 0.357 bits per heavy atom. The Bertz CT molecular complexity index is 475. The van der Waals surface area contributed by atoms with Crippen LogP contribution in [0.1, 0.15) is 187 Å². The lowest BCUT2D eigenvalue weighted by atomic mass is 10.0. The van der Waals surface area contributed by atoms with Crippen molar-refractivity contribution in [1.29, 1.82) is 0 Å². The Morgan fingerprint density at radius 3 is 0.833 bits per heavy atom. The average Bonchev–Trinajstić information content (AvgIpc) is 3.01. The standard InChI is InChI=1S/C37H76O5/c1-3-5-7-9-11-13-15-17-19-21-23-25-27-29-31-41-35-37(33-39)42-36(32-38)34-40-30-28-26-24-22-20-18-16-14-12-10-8-6-4-2/h36-39H,3-35H2,1-2H3. The van der Waals surface area contributed by atoms with Gasteiger partial charge < -0.3 is 24.4 Å². The zero-order valence-electron chi connectivity index (χ0n) is 28.6. The first kappa shape index (κ1) is 41.8. The molecule has 0 aromatic rings. The number of aliphatic hydroxyl groups is 2. The van der Waals surface area contributed by atoms with Gasteiger partial charge in [-0.15, -0.1) is 0 Å². The first-order valence-corrected chi connectivity index (χ1v) is 18.8. The third kappa shape index (κ3) is 32.7. The van der Waals surface area contributed by atoms with Crippen molar-refractivity contribution in [2.75, 3.05) is 39.6 Å². The molecule has 0 spiro atoms. The molecule has 0 saturated heterocycles. The van der Waals surface area contributed by atoms with Crippen LogP contribution in [0.25, 0.3) is 0 Å². The summed E-state index contributed by atoms with van der Waals surface area (Å²) in [5.74, 6) is 0. The average molecular weight is 601 g/mol. The van der Waals surface area contributed by atoms with Crippen molar-refractivity contribution in [3.8, 4) is 0 Å². The molecule has 42 heavy (non-hydrogen) atoms. The second-order valence-electron chi connectivity index (χ2n) is 12.7. The predicted molar refractivity (Wildman–Crippen MR) is 180 cm³/mol. The maximum Gasteiger partial charge on any atom is 0.104 e. The van der Waals surface area contributed by atoms with Crippen molar-refractivity contribution in [3.63, 3.8) is 0 Å². The second-order valence-corrected chi connectivity index (χ2v) is 12.7. The van der Waals surface area contributed by atoms with Crippen LogP contribution in [-0.4, -0.2) is 62.1 Å². The minimum Gasteiger partial charge on any atom is -0.394 e. The number of unbranched alkanes of at least 4 members (excludes halogenated alkanes) is 25. The van der Waals surface area contributed by atoms with Crippen LogP contribution in [-0.2, 0) is 14.2 Å². The van der Waals surface area contributed by atoms with Crippen molar-refractivity contribution in [2.45, 2.75) is 199 Å². The van der Waals surface area contributed by atoms with Gasteiger partial charge >= 0.3 is 0 Å². The molecule has 0 heterocycles. The highest BCUT2D eigenvalue weighted by molar-refractivity contribution is 4.62. The van der Waals surface area contributed by atoms with Crippen molar-refractivity contribution in [3.05, 3.63) is 0 Å². The van der Waals surface area contributed by atoms with Gasteiger partial charge in [-0.2, -0.15) is 0 Å². The van der Waals surface area contributed by atoms with E-state index in [0.29, 0.717) is 26.4 Å². The molecule has 0 aromatic carbocycles. The van der Waals surface area contributed by atoms with Gasteiger partial charge in [0.15, 0.2) is 0 Å². The predicted octanol–water partition coefficient (Wildman–Crippen LogP) is 10.3. The van der Waals surface area contributed by atoms with E-state index < -0.39 is 12.2 Å². The van der Waals surface area contributed by atoms with Gasteiger partial charge in [0.05, 0.1) is 26.4 Å². The van der Waals surface area contributed by atoms with Gasteiger partial charge in [0.1, 0.15) is 12.2 Å². The summed E-state index contributed by atoms with van der Waals surface area (Å²) in [6.45, 7) is 6.49. The number of rotatable bonds is 37. The topological polar surface area (TPSA) is 68.2 Å². The Labute approximate surface area is 263 Å². The van der Waals surface area contributed by atoms with E-state index in [2.05, 4.69) is 13.8 Å². The summed E-state index contributed by atoms with van der Waals surface area (Å²) in [5, 5.41) is 19.3. The minimum atomic E-state index is -0.409. The van der Waals surface area contributed by atoms with Crippen LogP contribution in [0.3, 0.4) is 0 Å². The quantitative estimate of drug-likeness (QED) is 0.0694. The molecule has 5 heteroatoms. The molecule has 0 rings (SSSR count). The maximum absolute atomic E-state index is 9.67. The van der Waals surface area contributed by atoms with Crippen LogP contribution < -0.4 is 0 Å². The third-order valence-electron chi connectivity index (χ3n) is 8.43. The Hall–Kier alpha value is -0.200. The first-order valence-electron chi connectivity index (χ1n) is 18.8. The molecular weight excluding hydrogens is 524 g/mol. The lowest BCUT2D eigenvalue weighted by Gasteiger charge is -2.22. The van der Waals surface area contributed by atoms with Crippen LogP contribution in [0.15, 0.2) is 0 Å². The fourth-order valence-corrected chi connectivity index (χ4v) is 5.59. The highest BCUT2D eigenvalue weighted by Gasteiger charge is 2.16. The molecule has 2 N–H and O–H groups in total. The molecule has 0 aromatic heterocycles. The summed E-state index contributed by atoms with van der Waals surface area (Å²) < 4.78 is 17.4. The molecule has 0 radical (unpaired) electrons. The van der Waals surface area contributed by atoms with Crippen LogP contribution in [0.4, 0.5) is 0 Å². The highest BCUT2D eigenvalue weighted by atomic mass is 16.6. The van der Waals surface area contributed by atoms with Crippen LogP contribution in [0, 0.1) is 0 Å². The number of aliphatic hydroxyl groups excluding tert-OH is 2. The molecule has 0 saturated carbocycles. The van der Waals surface area contributed by atoms with Gasteiger partial charge in [-0.1, -0.05) is 174 Å². The molecule has 0 aliphatic heterocycles. The van der Waals surface area contributed by atoms with E-state index in [-0.39, 0.29) is 13.2 Å². The number of ether oxygens (including phenoxy) is 3. The lowest BCUT2D eigenvalue weighted by molar-refractivity contribution is -0.115. The monoisotopic (exact) mass is 601 g/mol. The van der Waals surface area contributed by atoms with Gasteiger partial charge in [0.2, 0.25) is 0 Å². The summed E-state index contributed by atoms with van der Waals surface area (Å²) in [6, 6.07) is 0. The summed E-state index contributed by atoms with van der Waals surface area (Å²) in [4.78, 5) is 0. The van der Waals surface area contributed by atoms with E-state index in [0.717, 1.165) is 12.8 Å². The van der Waals surface area contributed by atoms with Gasteiger partial charge in [-0.3, -0.25) is 0 Å². The molecule has 0 fully saturated rings. The molecule has 0 aliphatic carbocycles. The summed E-state index contributed by atoms with van der Waals surface area (Å²) >= 11 is 0. The summed E-state index contributed by atoms with van der Waals surface area (Å²) in [7, 11) is 0. The molecule has 2 atom stereocenters. The molecule has 0 amide bonds. The van der Waals surface area contributed by atoms with Crippen molar-refractivity contribution >= 4 is 0 Å². The fourth-order valence-electron chi connectivity index (χ4n) is 5.59. The van der Waals surface area contributed by atoms with Gasteiger partial charge in [0.25, 0.3) is 0 Å². The molecule has 0 aliphatic rings. The first-order chi connectivity index (χ1) is 20.8. The number of hydrogen-bond acceptors (Lipinski definition) is 5. The fraction of sp³-hybridized carbons (Fsp3) is 1.00. The molecule has 2 unspecified atom stereocenters. The van der Waals surface area contributed by atoms with Gasteiger partial charge in [0, 0.05) is 13.2 Å². The SMILES string of the molecule is CCCCCCCCCCCCCCCCOCC(CO)OC(CO)COCCCCCCCCCCCCCCC. The Balaban J connectivity index is 3.49. The van der Waals surface area contributed by atoms with Gasteiger partial charge in [-0.05, 0) is 12.8 Å². The molecule has 5 nitrogen and oxygen atoms in total. The van der Waals surface area contributed by atoms with Crippen LogP contribution in [0.2, 0.25) is 0 Å². The van der Waals surface area contributed by atoms with E-state index >= 15 is 0 Å². The van der Waals surface area contributed by atoms with Crippen molar-refractivity contribution < 1.29 is 24.4 Å². The number of hydrogen-bond donors (Lipinski definition) is 2. The van der Waals surface area contributed by atoms with E-state index in [1.807, 2.05) is 0 Å². The zero-order chi connectivity index (χ0) is 30.6. The van der Waals surface area contributed by atoms with E-state index in [4.69, 9.17) is 14.2 Å². The van der Waals surface area contributed by atoms with E-state index in [1.54, 1.807) is 0 Å². The Morgan fingerprint density at radius 2 is 0.595 bits per heavy atom. The van der Waals surface area contributed by atoms with E-state index in [1.165, 1.54) is 161 Å². The zero-order valence-corrected chi connectivity index (χ0v) is 28.6. The Kier molecular flexibility index (Phi) is 36.8. The normalized spacial score (nSPS) is 13.1. The minimum absolute atomic E-state index is 0.103. The summed E-state index contributed by atoms with van der Waals surface area (Å²) in [5.41, 5.74) is 0. The van der Waals surface area contributed by atoms with Crippen molar-refractivity contribution in [1.82, 2.24) is 0 Å². The highest BCUT2D eigenvalue weighted by Crippen LogP contribution is 2.14. The summed E-state index contributed by atoms with van der Waals surface area (Å²) in [6.07, 6.45) is 35.5. The molecular formula is C37H76O5.